The van der Waals surface area contributed by atoms with Crippen LogP contribution in [0.5, 0.6) is 0 Å². The molecule has 0 saturated heterocycles. The number of aliphatic imine (C=N–C) groups is 1. The largest absolute Gasteiger partial charge is 0.396 e. The zero-order chi connectivity index (χ0) is 5.86. The summed E-state index contributed by atoms with van der Waals surface area (Å²) in [6.07, 6.45) is 0. The minimum Gasteiger partial charge on any atom is -0.396 e. The zero-order valence-electron chi connectivity index (χ0n) is 4.31. The first-order valence-corrected chi connectivity index (χ1v) is 1.85. The van der Waals surface area contributed by atoms with Crippen LogP contribution >= 0.6 is 0 Å². The summed E-state index contributed by atoms with van der Waals surface area (Å²) in [5.41, 5.74) is 10.6. The Bertz CT molecular complexity index is 104. The Kier molecular flexibility index (Phi) is 1.91. The first kappa shape index (κ1) is 6.01. The van der Waals surface area contributed by atoms with Gasteiger partial charge in [0.2, 0.25) is 0 Å². The van der Waals surface area contributed by atoms with Gasteiger partial charge in [-0.25, -0.2) is 0 Å². The molecular weight excluding hydrogens is 90.1 g/mol. The zero-order valence-corrected chi connectivity index (χ0v) is 4.31. The Labute approximate surface area is 42.7 Å². The standard InChI is InChI=1S/C4H9N3/c1-3(5)4(6)7-2/h1,5H2,2H3,(H2,6,7). The molecule has 0 aromatic heterocycles. The molecule has 0 aliphatic rings. The second kappa shape index (κ2) is 2.23. The molecule has 0 aromatic rings. The van der Waals surface area contributed by atoms with Crippen molar-refractivity contribution in [3.05, 3.63) is 12.3 Å². The van der Waals surface area contributed by atoms with Crippen LogP contribution in [0.1, 0.15) is 0 Å². The number of nitrogens with zero attached hydrogens (tertiary/aromatic N) is 1. The van der Waals surface area contributed by atoms with Crippen LogP contribution in [-0.4, -0.2) is 12.9 Å². The Hall–Kier alpha value is -0.990. The van der Waals surface area contributed by atoms with Crippen molar-refractivity contribution in [1.29, 1.82) is 0 Å². The van der Waals surface area contributed by atoms with E-state index < -0.39 is 0 Å². The van der Waals surface area contributed by atoms with E-state index in [1.807, 2.05) is 0 Å². The van der Waals surface area contributed by atoms with Crippen LogP contribution in [-0.2, 0) is 0 Å². The third-order valence-corrected chi connectivity index (χ3v) is 0.570. The predicted molar refractivity (Wildman–Crippen MR) is 30.9 cm³/mol. The SMILES string of the molecule is C=C(N)/C(N)=N\C. The van der Waals surface area contributed by atoms with Crippen LogP contribution in [0.4, 0.5) is 0 Å². The molecule has 0 heterocycles. The highest BCUT2D eigenvalue weighted by Crippen LogP contribution is 1.72. The Balaban J connectivity index is 3.82. The van der Waals surface area contributed by atoms with E-state index in [0.29, 0.717) is 11.5 Å². The predicted octanol–water partition coefficient (Wildman–Crippen LogP) is -0.554. The van der Waals surface area contributed by atoms with Gasteiger partial charge in [0.25, 0.3) is 0 Å². The van der Waals surface area contributed by atoms with Crippen molar-refractivity contribution in [3.8, 4) is 0 Å². The van der Waals surface area contributed by atoms with Crippen molar-refractivity contribution in [3.63, 3.8) is 0 Å². The number of hydrogen-bond donors (Lipinski definition) is 2. The van der Waals surface area contributed by atoms with Crippen molar-refractivity contribution < 1.29 is 0 Å². The Morgan fingerprint density at radius 2 is 2.00 bits per heavy atom. The molecule has 0 radical (unpaired) electrons. The second-order valence-corrected chi connectivity index (χ2v) is 1.13. The quantitative estimate of drug-likeness (QED) is 0.342. The van der Waals surface area contributed by atoms with Gasteiger partial charge < -0.3 is 11.5 Å². The van der Waals surface area contributed by atoms with E-state index in [9.17, 15) is 0 Å². The molecule has 0 fully saturated rings. The minimum absolute atomic E-state index is 0.306. The number of rotatable bonds is 1. The second-order valence-electron chi connectivity index (χ2n) is 1.13. The Morgan fingerprint density at radius 3 is 2.00 bits per heavy atom. The highest BCUT2D eigenvalue weighted by molar-refractivity contribution is 5.95. The van der Waals surface area contributed by atoms with E-state index in [2.05, 4.69) is 11.6 Å². The molecule has 40 valence electrons. The van der Waals surface area contributed by atoms with Gasteiger partial charge in [-0.1, -0.05) is 6.58 Å². The minimum atomic E-state index is 0.306. The topological polar surface area (TPSA) is 64.4 Å². The molecule has 0 spiro atoms. The van der Waals surface area contributed by atoms with Gasteiger partial charge >= 0.3 is 0 Å². The summed E-state index contributed by atoms with van der Waals surface area (Å²) in [4.78, 5) is 3.56. The van der Waals surface area contributed by atoms with Crippen molar-refractivity contribution in [2.75, 3.05) is 7.05 Å². The molecule has 3 heteroatoms. The van der Waals surface area contributed by atoms with Gasteiger partial charge in [-0.2, -0.15) is 0 Å². The van der Waals surface area contributed by atoms with Crippen LogP contribution in [0.3, 0.4) is 0 Å². The van der Waals surface area contributed by atoms with Crippen LogP contribution in [0.25, 0.3) is 0 Å². The van der Waals surface area contributed by atoms with Crippen molar-refractivity contribution >= 4 is 5.84 Å². The van der Waals surface area contributed by atoms with Crippen molar-refractivity contribution in [1.82, 2.24) is 0 Å². The lowest BCUT2D eigenvalue weighted by molar-refractivity contribution is 1.35. The summed E-state index contributed by atoms with van der Waals surface area (Å²) < 4.78 is 0. The summed E-state index contributed by atoms with van der Waals surface area (Å²) in [6, 6.07) is 0. The average molecular weight is 99.1 g/mol. The molecule has 7 heavy (non-hydrogen) atoms. The first-order valence-electron chi connectivity index (χ1n) is 1.85. The normalized spacial score (nSPS) is 11.3. The van der Waals surface area contributed by atoms with E-state index in [1.54, 1.807) is 7.05 Å². The maximum Gasteiger partial charge on any atom is 0.140 e. The lowest BCUT2D eigenvalue weighted by atomic mass is 10.5. The molecule has 0 amide bonds. The van der Waals surface area contributed by atoms with Crippen LogP contribution < -0.4 is 11.5 Å². The number of amidine groups is 1. The third-order valence-electron chi connectivity index (χ3n) is 0.570. The van der Waals surface area contributed by atoms with Crippen molar-refractivity contribution in [2.45, 2.75) is 0 Å². The molecule has 0 aliphatic carbocycles. The van der Waals surface area contributed by atoms with Crippen LogP contribution in [0.2, 0.25) is 0 Å². The van der Waals surface area contributed by atoms with Gasteiger partial charge in [-0.3, -0.25) is 4.99 Å². The highest BCUT2D eigenvalue weighted by atomic mass is 14.9. The Morgan fingerprint density at radius 1 is 1.57 bits per heavy atom. The molecule has 0 atom stereocenters. The van der Waals surface area contributed by atoms with E-state index in [-0.39, 0.29) is 0 Å². The highest BCUT2D eigenvalue weighted by Gasteiger charge is 1.85. The van der Waals surface area contributed by atoms with Crippen molar-refractivity contribution in [2.24, 2.45) is 16.5 Å². The molecule has 3 nitrogen and oxygen atoms in total. The summed E-state index contributed by atoms with van der Waals surface area (Å²) in [6.45, 7) is 3.35. The average Bonchev–Trinajstić information content (AvgIpc) is 1.65. The number of nitrogens with two attached hydrogens (primary N) is 2. The lowest BCUT2D eigenvalue weighted by Crippen LogP contribution is -2.19. The molecule has 0 saturated carbocycles. The fourth-order valence-electron chi connectivity index (χ4n) is 0.144. The molecule has 4 N–H and O–H groups in total. The van der Waals surface area contributed by atoms with Gasteiger partial charge in [0.05, 0.1) is 5.70 Å². The molecule has 0 bridgehead atoms. The fraction of sp³-hybridized carbons (Fsp3) is 0.250. The summed E-state index contributed by atoms with van der Waals surface area (Å²) in [7, 11) is 1.56. The van der Waals surface area contributed by atoms with E-state index in [1.165, 1.54) is 0 Å². The summed E-state index contributed by atoms with van der Waals surface area (Å²) in [5, 5.41) is 0. The van der Waals surface area contributed by atoms with E-state index in [0.717, 1.165) is 0 Å². The van der Waals surface area contributed by atoms with Gasteiger partial charge in [0.15, 0.2) is 0 Å². The summed E-state index contributed by atoms with van der Waals surface area (Å²) in [5.74, 6) is 0.306. The van der Waals surface area contributed by atoms with Crippen LogP contribution in [0.15, 0.2) is 17.3 Å². The third kappa shape index (κ3) is 1.81. The van der Waals surface area contributed by atoms with Gasteiger partial charge in [0.1, 0.15) is 5.84 Å². The smallest absolute Gasteiger partial charge is 0.140 e. The number of hydrogen-bond acceptors (Lipinski definition) is 2. The van der Waals surface area contributed by atoms with E-state index >= 15 is 0 Å². The molecule has 0 aliphatic heterocycles. The molecular formula is C4H9N3. The molecule has 0 rings (SSSR count). The van der Waals surface area contributed by atoms with Gasteiger partial charge in [-0.05, 0) is 0 Å². The lowest BCUT2D eigenvalue weighted by Gasteiger charge is -1.91. The van der Waals surface area contributed by atoms with Gasteiger partial charge in [0, 0.05) is 7.05 Å². The first-order chi connectivity index (χ1) is 3.18. The summed E-state index contributed by atoms with van der Waals surface area (Å²) >= 11 is 0. The maximum absolute atomic E-state index is 5.14. The van der Waals surface area contributed by atoms with E-state index in [4.69, 9.17) is 11.5 Å². The maximum atomic E-state index is 5.14. The molecule has 0 unspecified atom stereocenters. The fourth-order valence-corrected chi connectivity index (χ4v) is 0.144. The van der Waals surface area contributed by atoms with Crippen LogP contribution in [0, 0.1) is 0 Å². The van der Waals surface area contributed by atoms with Gasteiger partial charge in [-0.15, -0.1) is 0 Å². The monoisotopic (exact) mass is 99.1 g/mol. The molecule has 0 aromatic carbocycles.